The van der Waals surface area contributed by atoms with Gasteiger partial charge in [0.2, 0.25) is 0 Å². The second kappa shape index (κ2) is 3.55. The van der Waals surface area contributed by atoms with Crippen molar-refractivity contribution >= 4 is 17.3 Å². The van der Waals surface area contributed by atoms with Gasteiger partial charge in [0.1, 0.15) is 0 Å². The third kappa shape index (κ3) is 2.21. The fourth-order valence-electron chi connectivity index (χ4n) is 1.17. The van der Waals surface area contributed by atoms with Gasteiger partial charge in [-0.2, -0.15) is 0 Å². The summed E-state index contributed by atoms with van der Waals surface area (Å²) < 4.78 is 0. The molecule has 0 aliphatic heterocycles. The summed E-state index contributed by atoms with van der Waals surface area (Å²) in [5.41, 5.74) is -1.15. The molecule has 0 fully saturated rings. The number of hydrogen-bond acceptors (Lipinski definition) is 3. The van der Waals surface area contributed by atoms with Crippen molar-refractivity contribution < 1.29 is 10.0 Å². The van der Waals surface area contributed by atoms with Crippen molar-refractivity contribution in [2.24, 2.45) is 0 Å². The van der Waals surface area contributed by atoms with Crippen LogP contribution in [0.4, 0.5) is 5.69 Å². The predicted molar refractivity (Wildman–Crippen MR) is 53.4 cm³/mol. The maximum Gasteiger partial charge on any atom is 0.276 e. The number of hydrogen-bond donors (Lipinski definition) is 1. The Bertz CT molecular complexity index is 371. The lowest BCUT2D eigenvalue weighted by Gasteiger charge is -2.17. The van der Waals surface area contributed by atoms with Crippen LogP contribution in [-0.2, 0) is 5.60 Å². The Morgan fingerprint density at radius 1 is 1.50 bits per heavy atom. The van der Waals surface area contributed by atoms with Gasteiger partial charge in [0.15, 0.2) is 0 Å². The van der Waals surface area contributed by atoms with Gasteiger partial charge < -0.3 is 5.11 Å². The van der Waals surface area contributed by atoms with Gasteiger partial charge in [-0.1, -0.05) is 11.6 Å². The molecule has 1 aromatic carbocycles. The normalized spacial score (nSPS) is 11.4. The summed E-state index contributed by atoms with van der Waals surface area (Å²) in [6.45, 7) is 2.98. The minimum absolute atomic E-state index is 0.162. The second-order valence-corrected chi connectivity index (χ2v) is 3.91. The number of rotatable bonds is 2. The first-order chi connectivity index (χ1) is 6.32. The summed E-state index contributed by atoms with van der Waals surface area (Å²) in [5.74, 6) is 0. The average Bonchev–Trinajstić information content (AvgIpc) is 2.01. The Labute approximate surface area is 86.3 Å². The van der Waals surface area contributed by atoms with E-state index in [0.29, 0.717) is 0 Å². The van der Waals surface area contributed by atoms with E-state index in [1.807, 2.05) is 0 Å². The number of halogens is 1. The molecule has 14 heavy (non-hydrogen) atoms. The molecule has 1 N–H and O–H groups in total. The van der Waals surface area contributed by atoms with Crippen molar-refractivity contribution in [3.63, 3.8) is 0 Å². The minimum atomic E-state index is -1.24. The van der Waals surface area contributed by atoms with Crippen molar-refractivity contribution in [3.8, 4) is 0 Å². The zero-order valence-electron chi connectivity index (χ0n) is 7.82. The molecule has 0 saturated heterocycles. The van der Waals surface area contributed by atoms with Gasteiger partial charge in [-0.25, -0.2) is 0 Å². The molecular formula is C9H10ClNO3. The highest BCUT2D eigenvalue weighted by Gasteiger charge is 2.26. The lowest BCUT2D eigenvalue weighted by atomic mass is 9.97. The zero-order chi connectivity index (χ0) is 10.9. The number of nitro benzene ring substituents is 1. The summed E-state index contributed by atoms with van der Waals surface area (Å²) in [4.78, 5) is 10.1. The summed E-state index contributed by atoms with van der Waals surface area (Å²) in [6.07, 6.45) is 0. The van der Waals surface area contributed by atoms with Crippen molar-refractivity contribution in [1.29, 1.82) is 0 Å². The monoisotopic (exact) mass is 215 g/mol. The fraction of sp³-hybridized carbons (Fsp3) is 0.333. The third-order valence-corrected chi connectivity index (χ3v) is 2.05. The van der Waals surface area contributed by atoms with Crippen LogP contribution in [0.2, 0.25) is 5.02 Å². The molecule has 1 rings (SSSR count). The molecule has 0 aliphatic rings. The smallest absolute Gasteiger partial charge is 0.276 e. The Hall–Kier alpha value is -1.13. The molecule has 5 heteroatoms. The topological polar surface area (TPSA) is 63.4 Å². The Morgan fingerprint density at radius 3 is 2.50 bits per heavy atom. The first-order valence-electron chi connectivity index (χ1n) is 3.99. The van der Waals surface area contributed by atoms with E-state index in [9.17, 15) is 15.2 Å². The highest BCUT2D eigenvalue weighted by atomic mass is 35.5. The molecule has 0 spiro atoms. The Kier molecular flexibility index (Phi) is 2.78. The van der Waals surface area contributed by atoms with E-state index in [1.54, 1.807) is 0 Å². The Balaban J connectivity index is 3.37. The standard InChI is InChI=1S/C9H10ClNO3/c1-9(2,12)7-4-3-6(10)5-8(7)11(13)14/h3-5,12H,1-2H3. The van der Waals surface area contributed by atoms with Crippen LogP contribution in [0.25, 0.3) is 0 Å². The highest BCUT2D eigenvalue weighted by Crippen LogP contribution is 2.31. The molecule has 76 valence electrons. The predicted octanol–water partition coefficient (Wildman–Crippen LogP) is 2.48. The molecule has 0 heterocycles. The van der Waals surface area contributed by atoms with E-state index in [4.69, 9.17) is 11.6 Å². The quantitative estimate of drug-likeness (QED) is 0.609. The van der Waals surface area contributed by atoms with Gasteiger partial charge in [-0.05, 0) is 26.0 Å². The fourth-order valence-corrected chi connectivity index (χ4v) is 1.34. The molecular weight excluding hydrogens is 206 g/mol. The molecule has 1 aromatic rings. The maximum absolute atomic E-state index is 10.7. The highest BCUT2D eigenvalue weighted by molar-refractivity contribution is 6.30. The largest absolute Gasteiger partial charge is 0.385 e. The van der Waals surface area contributed by atoms with Gasteiger partial charge in [-0.3, -0.25) is 10.1 Å². The summed E-state index contributed by atoms with van der Waals surface area (Å²) in [6, 6.07) is 4.21. The lowest BCUT2D eigenvalue weighted by molar-refractivity contribution is -0.386. The summed E-state index contributed by atoms with van der Waals surface area (Å²) in [7, 11) is 0. The van der Waals surface area contributed by atoms with E-state index in [-0.39, 0.29) is 16.3 Å². The van der Waals surface area contributed by atoms with E-state index in [2.05, 4.69) is 0 Å². The molecule has 0 saturated carbocycles. The van der Waals surface area contributed by atoms with Gasteiger partial charge in [-0.15, -0.1) is 0 Å². The molecule has 0 amide bonds. The molecule has 0 aromatic heterocycles. The van der Waals surface area contributed by atoms with Gasteiger partial charge >= 0.3 is 0 Å². The van der Waals surface area contributed by atoms with Gasteiger partial charge in [0.25, 0.3) is 5.69 Å². The number of benzene rings is 1. The maximum atomic E-state index is 10.7. The van der Waals surface area contributed by atoms with Crippen LogP contribution in [0.5, 0.6) is 0 Å². The van der Waals surface area contributed by atoms with Crippen LogP contribution < -0.4 is 0 Å². The van der Waals surface area contributed by atoms with Crippen LogP contribution in [0.15, 0.2) is 18.2 Å². The summed E-state index contributed by atoms with van der Waals surface area (Å²) in [5, 5.41) is 20.6. The number of nitro groups is 1. The van der Waals surface area contributed by atoms with Crippen LogP contribution >= 0.6 is 11.6 Å². The van der Waals surface area contributed by atoms with E-state index in [1.165, 1.54) is 32.0 Å². The van der Waals surface area contributed by atoms with E-state index < -0.39 is 10.5 Å². The van der Waals surface area contributed by atoms with Crippen LogP contribution in [-0.4, -0.2) is 10.0 Å². The molecule has 0 atom stereocenters. The lowest BCUT2D eigenvalue weighted by Crippen LogP contribution is -2.17. The SMILES string of the molecule is CC(C)(O)c1ccc(Cl)cc1[N+](=O)[O-]. The molecule has 0 bridgehead atoms. The van der Waals surface area contributed by atoms with Gasteiger partial charge in [0.05, 0.1) is 16.1 Å². The van der Waals surface area contributed by atoms with Gasteiger partial charge in [0, 0.05) is 11.1 Å². The van der Waals surface area contributed by atoms with Crippen LogP contribution in [0, 0.1) is 10.1 Å². The molecule has 4 nitrogen and oxygen atoms in total. The first-order valence-corrected chi connectivity index (χ1v) is 4.37. The molecule has 0 aliphatic carbocycles. The van der Waals surface area contributed by atoms with E-state index >= 15 is 0 Å². The molecule has 0 unspecified atom stereocenters. The summed E-state index contributed by atoms with van der Waals surface area (Å²) >= 11 is 5.62. The van der Waals surface area contributed by atoms with Crippen LogP contribution in [0.3, 0.4) is 0 Å². The minimum Gasteiger partial charge on any atom is -0.385 e. The molecule has 0 radical (unpaired) electrons. The van der Waals surface area contributed by atoms with Crippen molar-refractivity contribution in [2.45, 2.75) is 19.4 Å². The van der Waals surface area contributed by atoms with Crippen LogP contribution in [0.1, 0.15) is 19.4 Å². The number of aliphatic hydroxyl groups is 1. The van der Waals surface area contributed by atoms with Crippen molar-refractivity contribution in [2.75, 3.05) is 0 Å². The zero-order valence-corrected chi connectivity index (χ0v) is 8.58. The second-order valence-electron chi connectivity index (χ2n) is 3.48. The van der Waals surface area contributed by atoms with E-state index in [0.717, 1.165) is 0 Å². The first kappa shape index (κ1) is 10.9. The Morgan fingerprint density at radius 2 is 2.07 bits per heavy atom. The van der Waals surface area contributed by atoms with Crippen molar-refractivity contribution in [3.05, 3.63) is 38.9 Å². The third-order valence-electron chi connectivity index (χ3n) is 1.82. The number of nitrogens with zero attached hydrogens (tertiary/aromatic N) is 1. The average molecular weight is 216 g/mol. The van der Waals surface area contributed by atoms with Crippen molar-refractivity contribution in [1.82, 2.24) is 0 Å².